The molecule has 1 atom stereocenters. The van der Waals surface area contributed by atoms with Crippen molar-refractivity contribution in [2.24, 2.45) is 5.73 Å². The largest absolute Gasteiger partial charge is 0.465 e. The molecule has 0 aromatic heterocycles. The molecule has 16 heavy (non-hydrogen) atoms. The molecule has 1 rings (SSSR count). The normalized spacial score (nSPS) is 10.8. The van der Waals surface area contributed by atoms with Crippen molar-refractivity contribution in [2.45, 2.75) is 12.5 Å². The van der Waals surface area contributed by atoms with Gasteiger partial charge < -0.3 is 10.5 Å². The van der Waals surface area contributed by atoms with Crippen molar-refractivity contribution >= 4 is 18.4 Å². The zero-order valence-corrected chi connectivity index (χ0v) is 9.66. The molecule has 1 aromatic carbocycles. The molecule has 5 heteroatoms. The zero-order valence-electron chi connectivity index (χ0n) is 8.84. The van der Waals surface area contributed by atoms with Gasteiger partial charge in [0.25, 0.3) is 0 Å². The Bertz CT molecular complexity index is 401. The summed E-state index contributed by atoms with van der Waals surface area (Å²) in [6.45, 7) is 0. The van der Waals surface area contributed by atoms with Crippen LogP contribution in [0.4, 0.5) is 0 Å². The molecule has 4 nitrogen and oxygen atoms in total. The van der Waals surface area contributed by atoms with Gasteiger partial charge in [0, 0.05) is 6.04 Å². The Hall–Kier alpha value is -1.57. The van der Waals surface area contributed by atoms with Crippen LogP contribution in [0.1, 0.15) is 28.4 Å². The zero-order chi connectivity index (χ0) is 11.3. The highest BCUT2D eigenvalue weighted by atomic mass is 35.5. The average Bonchev–Trinajstić information content (AvgIpc) is 2.28. The van der Waals surface area contributed by atoms with Crippen molar-refractivity contribution in [2.75, 3.05) is 7.11 Å². The monoisotopic (exact) mass is 240 g/mol. The van der Waals surface area contributed by atoms with Crippen LogP contribution in [-0.2, 0) is 4.74 Å². The third kappa shape index (κ3) is 3.54. The number of esters is 1. The second-order valence-electron chi connectivity index (χ2n) is 3.09. The predicted octanol–water partition coefficient (Wildman–Crippen LogP) is 1.81. The second-order valence-corrected chi connectivity index (χ2v) is 3.09. The Morgan fingerprint density at radius 1 is 1.62 bits per heavy atom. The minimum absolute atomic E-state index is 0. The molecule has 0 saturated carbocycles. The van der Waals surface area contributed by atoms with E-state index in [0.717, 1.165) is 5.56 Å². The SMILES string of the molecule is COC(=O)c1cccc([C@H](N)CC#N)c1.Cl. The first-order valence-corrected chi connectivity index (χ1v) is 4.50. The third-order valence-corrected chi connectivity index (χ3v) is 2.05. The topological polar surface area (TPSA) is 76.1 Å². The maximum Gasteiger partial charge on any atom is 0.337 e. The molecule has 0 amide bonds. The number of nitrogens with two attached hydrogens (primary N) is 1. The van der Waals surface area contributed by atoms with Crippen molar-refractivity contribution in [3.8, 4) is 6.07 Å². The summed E-state index contributed by atoms with van der Waals surface area (Å²) in [5.74, 6) is -0.402. The summed E-state index contributed by atoms with van der Waals surface area (Å²) in [6.07, 6.45) is 0.227. The van der Waals surface area contributed by atoms with Crippen LogP contribution in [0, 0.1) is 11.3 Å². The fraction of sp³-hybridized carbons (Fsp3) is 0.273. The van der Waals surface area contributed by atoms with Gasteiger partial charge in [-0.3, -0.25) is 0 Å². The average molecular weight is 241 g/mol. The van der Waals surface area contributed by atoms with Gasteiger partial charge in [-0.25, -0.2) is 4.79 Å². The number of carbonyl (C=O) groups is 1. The minimum Gasteiger partial charge on any atom is -0.465 e. The van der Waals surface area contributed by atoms with Crippen molar-refractivity contribution in [3.05, 3.63) is 35.4 Å². The highest BCUT2D eigenvalue weighted by molar-refractivity contribution is 5.89. The molecule has 0 bridgehead atoms. The lowest BCUT2D eigenvalue weighted by Gasteiger charge is -2.08. The number of methoxy groups -OCH3 is 1. The summed E-state index contributed by atoms with van der Waals surface area (Å²) in [6, 6.07) is 8.43. The molecule has 0 heterocycles. The number of rotatable bonds is 3. The maximum atomic E-state index is 11.2. The summed E-state index contributed by atoms with van der Waals surface area (Å²) in [5.41, 5.74) is 6.95. The summed E-state index contributed by atoms with van der Waals surface area (Å²) < 4.78 is 4.59. The van der Waals surface area contributed by atoms with Gasteiger partial charge >= 0.3 is 5.97 Å². The number of carbonyl (C=O) groups excluding carboxylic acids is 1. The van der Waals surface area contributed by atoms with Crippen molar-refractivity contribution in [1.29, 1.82) is 5.26 Å². The molecule has 0 unspecified atom stereocenters. The van der Waals surface area contributed by atoms with Crippen LogP contribution in [-0.4, -0.2) is 13.1 Å². The first-order valence-electron chi connectivity index (χ1n) is 4.50. The van der Waals surface area contributed by atoms with E-state index >= 15 is 0 Å². The van der Waals surface area contributed by atoms with Gasteiger partial charge in [0.2, 0.25) is 0 Å². The molecule has 0 spiro atoms. The van der Waals surface area contributed by atoms with Gasteiger partial charge in [-0.1, -0.05) is 12.1 Å². The Labute approximate surface area is 100 Å². The number of benzene rings is 1. The number of nitrogens with zero attached hydrogens (tertiary/aromatic N) is 1. The van der Waals surface area contributed by atoms with Crippen molar-refractivity contribution in [1.82, 2.24) is 0 Å². The van der Waals surface area contributed by atoms with Crippen LogP contribution in [0.25, 0.3) is 0 Å². The molecular weight excluding hydrogens is 228 g/mol. The number of nitriles is 1. The fourth-order valence-electron chi connectivity index (χ4n) is 1.23. The Morgan fingerprint density at radius 2 is 2.31 bits per heavy atom. The molecule has 2 N–H and O–H groups in total. The number of ether oxygens (including phenoxy) is 1. The van der Waals surface area contributed by atoms with Crippen LogP contribution in [0.3, 0.4) is 0 Å². The minimum atomic E-state index is -0.402. The van der Waals surface area contributed by atoms with Gasteiger partial charge in [0.1, 0.15) is 0 Å². The fourth-order valence-corrected chi connectivity index (χ4v) is 1.23. The number of hydrogen-bond donors (Lipinski definition) is 1. The standard InChI is InChI=1S/C11H12N2O2.ClH/c1-15-11(14)9-4-2-3-8(7-9)10(13)5-6-12;/h2-4,7,10H,5,13H2,1H3;1H/t10-;/m1./s1. The van der Waals surface area contributed by atoms with Gasteiger partial charge in [0.05, 0.1) is 25.2 Å². The molecule has 1 aromatic rings. The van der Waals surface area contributed by atoms with Gasteiger partial charge in [0.15, 0.2) is 0 Å². The van der Waals surface area contributed by atoms with E-state index in [2.05, 4.69) is 4.74 Å². The second kappa shape index (κ2) is 6.83. The van der Waals surface area contributed by atoms with E-state index in [0.29, 0.717) is 5.56 Å². The molecule has 0 fully saturated rings. The lowest BCUT2D eigenvalue weighted by molar-refractivity contribution is 0.0600. The molecule has 0 aliphatic carbocycles. The van der Waals surface area contributed by atoms with Crippen molar-refractivity contribution in [3.63, 3.8) is 0 Å². The molecule has 86 valence electrons. The first-order chi connectivity index (χ1) is 7.19. The number of hydrogen-bond acceptors (Lipinski definition) is 4. The summed E-state index contributed by atoms with van der Waals surface area (Å²) >= 11 is 0. The van der Waals surface area contributed by atoms with E-state index in [9.17, 15) is 4.79 Å². The van der Waals surface area contributed by atoms with Crippen LogP contribution < -0.4 is 5.73 Å². The van der Waals surface area contributed by atoms with Crippen LogP contribution >= 0.6 is 12.4 Å². The van der Waals surface area contributed by atoms with Crippen LogP contribution in [0.5, 0.6) is 0 Å². The molecule has 0 aliphatic heterocycles. The van der Waals surface area contributed by atoms with E-state index in [4.69, 9.17) is 11.0 Å². The van der Waals surface area contributed by atoms with Gasteiger partial charge in [-0.2, -0.15) is 5.26 Å². The molecule has 0 aliphatic rings. The Balaban J connectivity index is 0.00000225. The van der Waals surface area contributed by atoms with E-state index in [1.165, 1.54) is 7.11 Å². The number of halogens is 1. The Kier molecular flexibility index (Phi) is 6.16. The van der Waals surface area contributed by atoms with Crippen molar-refractivity contribution < 1.29 is 9.53 Å². The summed E-state index contributed by atoms with van der Waals surface area (Å²) in [4.78, 5) is 11.2. The van der Waals surface area contributed by atoms with E-state index in [1.807, 2.05) is 6.07 Å². The lowest BCUT2D eigenvalue weighted by Crippen LogP contribution is -2.10. The summed E-state index contributed by atoms with van der Waals surface area (Å²) in [5, 5.41) is 8.50. The quantitative estimate of drug-likeness (QED) is 0.818. The van der Waals surface area contributed by atoms with Crippen LogP contribution in [0.15, 0.2) is 24.3 Å². The third-order valence-electron chi connectivity index (χ3n) is 2.05. The molecule has 0 saturated heterocycles. The van der Waals surface area contributed by atoms with Crippen LogP contribution in [0.2, 0.25) is 0 Å². The van der Waals surface area contributed by atoms with E-state index < -0.39 is 5.97 Å². The molecule has 0 radical (unpaired) electrons. The van der Waals surface area contributed by atoms with E-state index in [-0.39, 0.29) is 24.9 Å². The highest BCUT2D eigenvalue weighted by Crippen LogP contribution is 2.15. The van der Waals surface area contributed by atoms with Gasteiger partial charge in [-0.05, 0) is 17.7 Å². The smallest absolute Gasteiger partial charge is 0.337 e. The predicted molar refractivity (Wildman–Crippen MR) is 62.2 cm³/mol. The maximum absolute atomic E-state index is 11.2. The molecular formula is C11H13ClN2O2. The Morgan fingerprint density at radius 3 is 2.88 bits per heavy atom. The lowest BCUT2D eigenvalue weighted by atomic mass is 10.0. The first kappa shape index (κ1) is 14.4. The van der Waals surface area contributed by atoms with Gasteiger partial charge in [-0.15, -0.1) is 12.4 Å². The highest BCUT2D eigenvalue weighted by Gasteiger charge is 2.09. The van der Waals surface area contributed by atoms with E-state index in [1.54, 1.807) is 24.3 Å². The summed E-state index contributed by atoms with van der Waals surface area (Å²) in [7, 11) is 1.32.